The van der Waals surface area contributed by atoms with E-state index < -0.39 is 11.8 Å². The molecule has 0 bridgehead atoms. The van der Waals surface area contributed by atoms with Crippen LogP contribution in [0.4, 0.5) is 0 Å². The van der Waals surface area contributed by atoms with Crippen LogP contribution in [0, 0.1) is 0 Å². The molecule has 142 valence electrons. The summed E-state index contributed by atoms with van der Waals surface area (Å²) in [6.07, 6.45) is 2.04. The number of nitrogens with one attached hydrogen (secondary N) is 2. The number of amides is 2. The zero-order valence-electron chi connectivity index (χ0n) is 15.1. The molecule has 2 N–H and O–H groups in total. The molecule has 1 heterocycles. The van der Waals surface area contributed by atoms with Crippen molar-refractivity contribution in [3.05, 3.63) is 53.6 Å². The first kappa shape index (κ1) is 18.6. The molecular weight excluding hydrogens is 348 g/mol. The van der Waals surface area contributed by atoms with Crippen molar-refractivity contribution in [1.29, 1.82) is 0 Å². The quantitative estimate of drug-likeness (QED) is 0.603. The summed E-state index contributed by atoms with van der Waals surface area (Å²) in [6.45, 7) is 3.66. The SMILES string of the molecule is CCCCOc1ccc(C(=O)NNC(=O)c2ccc3c(c2)OCCO3)cc1. The van der Waals surface area contributed by atoms with Crippen LogP contribution in [0.5, 0.6) is 17.2 Å². The summed E-state index contributed by atoms with van der Waals surface area (Å²) in [5, 5.41) is 0. The standard InChI is InChI=1S/C20H22N2O5/c1-2-3-10-25-16-7-4-14(5-8-16)19(23)21-22-20(24)15-6-9-17-18(13-15)27-12-11-26-17/h4-9,13H,2-3,10-12H2,1H3,(H,21,23)(H,22,24). The van der Waals surface area contributed by atoms with Crippen LogP contribution >= 0.6 is 0 Å². The van der Waals surface area contributed by atoms with E-state index in [9.17, 15) is 9.59 Å². The van der Waals surface area contributed by atoms with Crippen molar-refractivity contribution >= 4 is 11.8 Å². The second kappa shape index (κ2) is 8.93. The number of benzene rings is 2. The van der Waals surface area contributed by atoms with Gasteiger partial charge < -0.3 is 14.2 Å². The molecule has 0 fully saturated rings. The highest BCUT2D eigenvalue weighted by Gasteiger charge is 2.15. The molecule has 0 saturated carbocycles. The van der Waals surface area contributed by atoms with Gasteiger partial charge in [-0.3, -0.25) is 20.4 Å². The third-order valence-corrected chi connectivity index (χ3v) is 3.98. The average molecular weight is 370 g/mol. The Hall–Kier alpha value is -3.22. The normalized spacial score (nSPS) is 12.2. The molecule has 0 atom stereocenters. The molecule has 7 heteroatoms. The van der Waals surface area contributed by atoms with E-state index >= 15 is 0 Å². The number of carbonyl (C=O) groups excluding carboxylic acids is 2. The van der Waals surface area contributed by atoms with Crippen molar-refractivity contribution in [2.24, 2.45) is 0 Å². The van der Waals surface area contributed by atoms with Gasteiger partial charge >= 0.3 is 0 Å². The summed E-state index contributed by atoms with van der Waals surface area (Å²) in [5.41, 5.74) is 5.57. The second-order valence-corrected chi connectivity index (χ2v) is 5.99. The molecule has 3 rings (SSSR count). The Morgan fingerprint density at radius 1 is 0.926 bits per heavy atom. The van der Waals surface area contributed by atoms with Gasteiger partial charge in [0.15, 0.2) is 11.5 Å². The van der Waals surface area contributed by atoms with Crippen LogP contribution in [0.2, 0.25) is 0 Å². The Morgan fingerprint density at radius 2 is 1.56 bits per heavy atom. The number of ether oxygens (including phenoxy) is 3. The topological polar surface area (TPSA) is 85.9 Å². The highest BCUT2D eigenvalue weighted by Crippen LogP contribution is 2.30. The van der Waals surface area contributed by atoms with Gasteiger partial charge in [0.2, 0.25) is 0 Å². The molecule has 0 saturated heterocycles. The highest BCUT2D eigenvalue weighted by molar-refractivity contribution is 5.99. The highest BCUT2D eigenvalue weighted by atomic mass is 16.6. The molecule has 0 spiro atoms. The minimum atomic E-state index is -0.445. The number of carbonyl (C=O) groups is 2. The maximum Gasteiger partial charge on any atom is 0.269 e. The van der Waals surface area contributed by atoms with Gasteiger partial charge in [0.25, 0.3) is 11.8 Å². The third kappa shape index (κ3) is 4.91. The van der Waals surface area contributed by atoms with Crippen LogP contribution in [0.3, 0.4) is 0 Å². The van der Waals surface area contributed by atoms with Crippen molar-refractivity contribution in [2.75, 3.05) is 19.8 Å². The molecular formula is C20H22N2O5. The number of hydrogen-bond acceptors (Lipinski definition) is 5. The van der Waals surface area contributed by atoms with E-state index in [-0.39, 0.29) is 0 Å². The Morgan fingerprint density at radius 3 is 2.26 bits per heavy atom. The smallest absolute Gasteiger partial charge is 0.269 e. The molecule has 7 nitrogen and oxygen atoms in total. The van der Waals surface area contributed by atoms with Crippen LogP contribution in [0.25, 0.3) is 0 Å². The summed E-state index contributed by atoms with van der Waals surface area (Å²) in [5.74, 6) is 0.961. The minimum Gasteiger partial charge on any atom is -0.494 e. The van der Waals surface area contributed by atoms with E-state index in [2.05, 4.69) is 17.8 Å². The summed E-state index contributed by atoms with van der Waals surface area (Å²) >= 11 is 0. The van der Waals surface area contributed by atoms with E-state index in [0.717, 1.165) is 12.8 Å². The molecule has 2 aromatic rings. The van der Waals surface area contributed by atoms with E-state index in [1.807, 2.05) is 0 Å². The van der Waals surface area contributed by atoms with Crippen molar-refractivity contribution in [3.8, 4) is 17.2 Å². The Balaban J connectivity index is 1.53. The largest absolute Gasteiger partial charge is 0.494 e. The van der Waals surface area contributed by atoms with Crippen LogP contribution in [0.1, 0.15) is 40.5 Å². The van der Waals surface area contributed by atoms with Gasteiger partial charge in [-0.05, 0) is 48.9 Å². The lowest BCUT2D eigenvalue weighted by Gasteiger charge is -2.18. The lowest BCUT2D eigenvalue weighted by molar-refractivity contribution is 0.0846. The molecule has 1 aliphatic rings. The maximum atomic E-state index is 12.2. The van der Waals surface area contributed by atoms with Gasteiger partial charge in [-0.1, -0.05) is 13.3 Å². The van der Waals surface area contributed by atoms with Gasteiger partial charge in [-0.15, -0.1) is 0 Å². The molecule has 0 radical (unpaired) electrons. The lowest BCUT2D eigenvalue weighted by atomic mass is 10.2. The number of hydrogen-bond donors (Lipinski definition) is 2. The fraction of sp³-hybridized carbons (Fsp3) is 0.300. The van der Waals surface area contributed by atoms with Crippen LogP contribution in [-0.2, 0) is 0 Å². The Bertz CT molecular complexity index is 805. The fourth-order valence-corrected chi connectivity index (χ4v) is 2.48. The van der Waals surface area contributed by atoms with E-state index in [1.54, 1.807) is 42.5 Å². The molecule has 2 amide bonds. The summed E-state index contributed by atoms with van der Waals surface area (Å²) in [7, 11) is 0. The van der Waals surface area contributed by atoms with Gasteiger partial charge in [-0.25, -0.2) is 0 Å². The number of hydrazine groups is 1. The molecule has 2 aromatic carbocycles. The number of unbranched alkanes of at least 4 members (excludes halogenated alkanes) is 1. The van der Waals surface area contributed by atoms with Crippen molar-refractivity contribution < 1.29 is 23.8 Å². The first-order valence-electron chi connectivity index (χ1n) is 8.90. The van der Waals surface area contributed by atoms with Crippen LogP contribution < -0.4 is 25.1 Å². The predicted molar refractivity (Wildman–Crippen MR) is 99.2 cm³/mol. The zero-order valence-corrected chi connectivity index (χ0v) is 15.1. The fourth-order valence-electron chi connectivity index (χ4n) is 2.48. The van der Waals surface area contributed by atoms with Crippen LogP contribution in [-0.4, -0.2) is 31.6 Å². The second-order valence-electron chi connectivity index (χ2n) is 5.99. The molecule has 0 unspecified atom stereocenters. The maximum absolute atomic E-state index is 12.2. The molecule has 0 aromatic heterocycles. The molecule has 27 heavy (non-hydrogen) atoms. The Labute approximate surface area is 157 Å². The van der Waals surface area contributed by atoms with Crippen molar-refractivity contribution in [2.45, 2.75) is 19.8 Å². The van der Waals surface area contributed by atoms with E-state index in [1.165, 1.54) is 0 Å². The minimum absolute atomic E-state index is 0.360. The zero-order chi connectivity index (χ0) is 19.1. The Kier molecular flexibility index (Phi) is 6.14. The predicted octanol–water partition coefficient (Wildman–Crippen LogP) is 2.71. The monoisotopic (exact) mass is 370 g/mol. The summed E-state index contributed by atoms with van der Waals surface area (Å²) < 4.78 is 16.4. The first-order valence-corrected chi connectivity index (χ1v) is 8.90. The van der Waals surface area contributed by atoms with Gasteiger partial charge in [0, 0.05) is 11.1 Å². The molecule has 1 aliphatic heterocycles. The number of rotatable bonds is 6. The van der Waals surface area contributed by atoms with Crippen molar-refractivity contribution in [3.63, 3.8) is 0 Å². The van der Waals surface area contributed by atoms with Crippen LogP contribution in [0.15, 0.2) is 42.5 Å². The van der Waals surface area contributed by atoms with Gasteiger partial charge in [0.1, 0.15) is 19.0 Å². The summed E-state index contributed by atoms with van der Waals surface area (Å²) in [4.78, 5) is 24.4. The lowest BCUT2D eigenvalue weighted by Crippen LogP contribution is -2.41. The number of fused-ring (bicyclic) bond motifs is 1. The summed E-state index contributed by atoms with van der Waals surface area (Å²) in [6, 6.07) is 11.6. The average Bonchev–Trinajstić information content (AvgIpc) is 2.72. The van der Waals surface area contributed by atoms with E-state index in [4.69, 9.17) is 14.2 Å². The first-order chi connectivity index (χ1) is 13.2. The van der Waals surface area contributed by atoms with Gasteiger partial charge in [-0.2, -0.15) is 0 Å². The van der Waals surface area contributed by atoms with Gasteiger partial charge in [0.05, 0.1) is 6.61 Å². The van der Waals surface area contributed by atoms with E-state index in [0.29, 0.717) is 48.2 Å². The molecule has 0 aliphatic carbocycles. The third-order valence-electron chi connectivity index (χ3n) is 3.98. The van der Waals surface area contributed by atoms with Crippen molar-refractivity contribution in [1.82, 2.24) is 10.9 Å².